The molecule has 2 aromatic carbocycles. The minimum Gasteiger partial charge on any atom is -0.392 e. The molecular weight excluding hydrogens is 278 g/mol. The van der Waals surface area contributed by atoms with Crippen LogP contribution in [0.15, 0.2) is 47.4 Å². The summed E-state index contributed by atoms with van der Waals surface area (Å²) >= 11 is 1.51. The van der Waals surface area contributed by atoms with Gasteiger partial charge >= 0.3 is 0 Å². The van der Waals surface area contributed by atoms with Gasteiger partial charge in [-0.1, -0.05) is 17.7 Å². The monoisotopic (exact) mass is 294 g/mol. The van der Waals surface area contributed by atoms with Crippen molar-refractivity contribution in [3.63, 3.8) is 0 Å². The van der Waals surface area contributed by atoms with E-state index in [2.05, 4.69) is 0 Å². The Kier molecular flexibility index (Phi) is 5.15. The molecule has 1 unspecified atom stereocenters. The molecule has 0 saturated heterocycles. The number of thioether (sulfide) groups is 1. The molecule has 0 heterocycles. The van der Waals surface area contributed by atoms with Gasteiger partial charge < -0.3 is 5.11 Å². The maximum atomic E-state index is 13.5. The SMILES string of the molecule is Cc1cccc(SCC(O)Cc2cc(F)ccc2F)c1. The van der Waals surface area contributed by atoms with Crippen molar-refractivity contribution in [2.24, 2.45) is 0 Å². The molecule has 0 amide bonds. The van der Waals surface area contributed by atoms with Gasteiger partial charge in [0.05, 0.1) is 6.10 Å². The second kappa shape index (κ2) is 6.86. The number of halogens is 2. The number of hydrogen-bond acceptors (Lipinski definition) is 2. The van der Waals surface area contributed by atoms with Crippen molar-refractivity contribution >= 4 is 11.8 Å². The summed E-state index contributed by atoms with van der Waals surface area (Å²) in [6, 6.07) is 11.2. The summed E-state index contributed by atoms with van der Waals surface area (Å²) in [4.78, 5) is 1.06. The van der Waals surface area contributed by atoms with Crippen molar-refractivity contribution < 1.29 is 13.9 Å². The number of benzene rings is 2. The Labute approximate surface area is 121 Å². The molecule has 0 aliphatic carbocycles. The van der Waals surface area contributed by atoms with Crippen LogP contribution < -0.4 is 0 Å². The van der Waals surface area contributed by atoms with Crippen LogP contribution in [0.2, 0.25) is 0 Å². The predicted molar refractivity (Wildman–Crippen MR) is 78.0 cm³/mol. The van der Waals surface area contributed by atoms with E-state index in [9.17, 15) is 13.9 Å². The van der Waals surface area contributed by atoms with E-state index in [1.165, 1.54) is 11.8 Å². The lowest BCUT2D eigenvalue weighted by atomic mass is 10.1. The van der Waals surface area contributed by atoms with E-state index in [-0.39, 0.29) is 12.0 Å². The topological polar surface area (TPSA) is 20.2 Å². The van der Waals surface area contributed by atoms with Crippen LogP contribution in [0.1, 0.15) is 11.1 Å². The highest BCUT2D eigenvalue weighted by Crippen LogP contribution is 2.21. The molecule has 0 saturated carbocycles. The van der Waals surface area contributed by atoms with Crippen LogP contribution in [0.5, 0.6) is 0 Å². The zero-order chi connectivity index (χ0) is 14.5. The average molecular weight is 294 g/mol. The number of aliphatic hydroxyl groups excluding tert-OH is 1. The minimum absolute atomic E-state index is 0.114. The molecule has 4 heteroatoms. The Bertz CT molecular complexity index is 586. The fraction of sp³-hybridized carbons (Fsp3) is 0.250. The molecule has 2 rings (SSSR count). The largest absolute Gasteiger partial charge is 0.392 e. The first-order chi connectivity index (χ1) is 9.54. The Hall–Kier alpha value is -1.39. The van der Waals surface area contributed by atoms with E-state index < -0.39 is 17.7 Å². The second-order valence-electron chi connectivity index (χ2n) is 4.72. The summed E-state index contributed by atoms with van der Waals surface area (Å²) in [5.41, 5.74) is 1.36. The smallest absolute Gasteiger partial charge is 0.126 e. The minimum atomic E-state index is -0.711. The van der Waals surface area contributed by atoms with Gasteiger partial charge in [0.25, 0.3) is 0 Å². The molecule has 0 aromatic heterocycles. The maximum absolute atomic E-state index is 13.5. The summed E-state index contributed by atoms with van der Waals surface area (Å²) in [6.45, 7) is 2.00. The van der Waals surface area contributed by atoms with Gasteiger partial charge in [0.15, 0.2) is 0 Å². The first-order valence-electron chi connectivity index (χ1n) is 6.36. The molecule has 0 spiro atoms. The summed E-state index contributed by atoms with van der Waals surface area (Å²) in [5.74, 6) is -0.523. The van der Waals surface area contributed by atoms with Crippen LogP contribution in [0.25, 0.3) is 0 Å². The van der Waals surface area contributed by atoms with Crippen LogP contribution in [0.4, 0.5) is 8.78 Å². The van der Waals surface area contributed by atoms with Crippen LogP contribution in [0.3, 0.4) is 0 Å². The van der Waals surface area contributed by atoms with Crippen LogP contribution >= 0.6 is 11.8 Å². The van der Waals surface area contributed by atoms with E-state index in [1.807, 2.05) is 31.2 Å². The lowest BCUT2D eigenvalue weighted by Crippen LogP contribution is -2.14. The van der Waals surface area contributed by atoms with Gasteiger partial charge in [0, 0.05) is 17.1 Å². The normalized spacial score (nSPS) is 12.4. The van der Waals surface area contributed by atoms with Crippen molar-refractivity contribution in [3.05, 3.63) is 65.2 Å². The summed E-state index contributed by atoms with van der Waals surface area (Å²) in [7, 11) is 0. The van der Waals surface area contributed by atoms with Crippen molar-refractivity contribution in [1.29, 1.82) is 0 Å². The predicted octanol–water partition coefficient (Wildman–Crippen LogP) is 3.97. The van der Waals surface area contributed by atoms with Gasteiger partial charge in [-0.15, -0.1) is 11.8 Å². The third-order valence-electron chi connectivity index (χ3n) is 2.90. The summed E-state index contributed by atoms with van der Waals surface area (Å²) in [5, 5.41) is 9.94. The lowest BCUT2D eigenvalue weighted by molar-refractivity contribution is 0.198. The molecule has 0 aliphatic rings. The summed E-state index contributed by atoms with van der Waals surface area (Å²) in [6.07, 6.45) is -0.598. The highest BCUT2D eigenvalue weighted by atomic mass is 32.2. The molecule has 0 bridgehead atoms. The van der Waals surface area contributed by atoms with Crippen molar-refractivity contribution in [3.8, 4) is 0 Å². The van der Waals surface area contributed by atoms with Crippen molar-refractivity contribution in [2.75, 3.05) is 5.75 Å². The first-order valence-corrected chi connectivity index (χ1v) is 7.34. The third-order valence-corrected chi connectivity index (χ3v) is 4.03. The molecule has 2 aromatic rings. The average Bonchev–Trinajstić information content (AvgIpc) is 2.41. The van der Waals surface area contributed by atoms with Gasteiger partial charge in [-0.25, -0.2) is 8.78 Å². The molecule has 1 N–H and O–H groups in total. The van der Waals surface area contributed by atoms with E-state index in [0.717, 1.165) is 28.7 Å². The van der Waals surface area contributed by atoms with Gasteiger partial charge in [-0.2, -0.15) is 0 Å². The van der Waals surface area contributed by atoms with E-state index >= 15 is 0 Å². The van der Waals surface area contributed by atoms with Crippen LogP contribution in [-0.2, 0) is 6.42 Å². The van der Waals surface area contributed by atoms with Crippen LogP contribution in [0, 0.1) is 18.6 Å². The Morgan fingerprint density at radius 3 is 2.70 bits per heavy atom. The fourth-order valence-corrected chi connectivity index (χ4v) is 2.86. The van der Waals surface area contributed by atoms with E-state index in [4.69, 9.17) is 0 Å². The standard InChI is InChI=1S/C16H16F2OS/c1-11-3-2-4-15(7-11)20-10-14(19)9-12-8-13(17)5-6-16(12)18/h2-8,14,19H,9-10H2,1H3. The zero-order valence-electron chi connectivity index (χ0n) is 11.1. The number of aryl methyl sites for hydroxylation is 1. The van der Waals surface area contributed by atoms with Gasteiger partial charge in [-0.05, 0) is 42.8 Å². The quantitative estimate of drug-likeness (QED) is 0.842. The fourth-order valence-electron chi connectivity index (χ4n) is 1.91. The van der Waals surface area contributed by atoms with E-state index in [0.29, 0.717) is 5.75 Å². The number of hydrogen-bond donors (Lipinski definition) is 1. The highest BCUT2D eigenvalue weighted by Gasteiger charge is 2.11. The van der Waals surface area contributed by atoms with Crippen LogP contribution in [-0.4, -0.2) is 17.0 Å². The van der Waals surface area contributed by atoms with E-state index in [1.54, 1.807) is 0 Å². The molecule has 0 fully saturated rings. The first kappa shape index (κ1) is 15.0. The van der Waals surface area contributed by atoms with Gasteiger partial charge in [0.1, 0.15) is 11.6 Å². The van der Waals surface area contributed by atoms with Crippen molar-refractivity contribution in [1.82, 2.24) is 0 Å². The number of aliphatic hydroxyl groups is 1. The Morgan fingerprint density at radius 1 is 1.15 bits per heavy atom. The zero-order valence-corrected chi connectivity index (χ0v) is 12.0. The van der Waals surface area contributed by atoms with Gasteiger partial charge in [-0.3, -0.25) is 0 Å². The third kappa shape index (κ3) is 4.32. The molecule has 1 atom stereocenters. The molecule has 1 nitrogen and oxygen atoms in total. The number of rotatable bonds is 5. The molecule has 0 radical (unpaired) electrons. The Morgan fingerprint density at radius 2 is 1.95 bits per heavy atom. The molecule has 0 aliphatic heterocycles. The highest BCUT2D eigenvalue weighted by molar-refractivity contribution is 7.99. The maximum Gasteiger partial charge on any atom is 0.126 e. The Balaban J connectivity index is 1.92. The van der Waals surface area contributed by atoms with Gasteiger partial charge in [0.2, 0.25) is 0 Å². The molecular formula is C16H16F2OS. The second-order valence-corrected chi connectivity index (χ2v) is 5.81. The molecule has 20 heavy (non-hydrogen) atoms. The lowest BCUT2D eigenvalue weighted by Gasteiger charge is -2.11. The molecule has 106 valence electrons. The van der Waals surface area contributed by atoms with Crippen molar-refractivity contribution in [2.45, 2.75) is 24.3 Å². The summed E-state index contributed by atoms with van der Waals surface area (Å²) < 4.78 is 26.5.